The van der Waals surface area contributed by atoms with Gasteiger partial charge in [0.2, 0.25) is 0 Å². The molecule has 4 heterocycles. The summed E-state index contributed by atoms with van der Waals surface area (Å²) in [5.74, 6) is -2.46. The second-order valence-electron chi connectivity index (χ2n) is 28.6. The number of benzene rings is 13. The van der Waals surface area contributed by atoms with Crippen LogP contribution >= 0.6 is 0 Å². The summed E-state index contributed by atoms with van der Waals surface area (Å²) in [5.41, 5.74) is 30.1. The number of aromatic nitrogens is 2. The highest BCUT2D eigenvalue weighted by atomic mass is 16.1. The molecule has 0 aliphatic heterocycles. The van der Waals surface area contributed by atoms with Gasteiger partial charge in [0.25, 0.3) is 0 Å². The topological polar surface area (TPSA) is 77.1 Å². The van der Waals surface area contributed by atoms with Crippen LogP contribution in [0.25, 0.3) is 76.2 Å². The minimum Gasteiger partial charge on any atom is -0.308 e. The third-order valence-corrected chi connectivity index (χ3v) is 24.9. The van der Waals surface area contributed by atoms with Crippen LogP contribution in [-0.4, -0.2) is 31.9 Å². The molecule has 0 amide bonds. The van der Waals surface area contributed by atoms with Gasteiger partial charge in [0, 0.05) is 89.0 Å². The fraction of sp³-hybridized carbons (Fsp3) is 0.0889. The quantitative estimate of drug-likeness (QED) is 0.152. The third-order valence-electron chi connectivity index (χ3n) is 24.9. The molecule has 0 saturated heterocycles. The van der Waals surface area contributed by atoms with Crippen LogP contribution in [0.3, 0.4) is 0 Å². The summed E-state index contributed by atoms with van der Waals surface area (Å²) in [6.07, 6.45) is 0. The zero-order valence-corrected chi connectivity index (χ0v) is 51.2. The number of carbonyl (C=O) groups is 4. The molecule has 6 heteroatoms. The highest BCUT2D eigenvalue weighted by Gasteiger charge is 2.49. The van der Waals surface area contributed by atoms with Crippen molar-refractivity contribution in [1.82, 2.24) is 8.80 Å². The summed E-state index contributed by atoms with van der Waals surface area (Å²) in [4.78, 5) is 64.8. The average Bonchev–Trinajstić information content (AvgIpc) is 1.48. The van der Waals surface area contributed by atoms with Gasteiger partial charge in [-0.3, -0.25) is 19.2 Å². The number of ketones is 4. The van der Waals surface area contributed by atoms with Crippen molar-refractivity contribution in [3.63, 3.8) is 0 Å². The Morgan fingerprint density at radius 1 is 0.188 bits per heavy atom. The molecule has 96 heavy (non-hydrogen) atoms. The van der Waals surface area contributed by atoms with Gasteiger partial charge in [0.05, 0.1) is 56.8 Å². The van der Waals surface area contributed by atoms with E-state index in [-0.39, 0.29) is 46.8 Å². The average molecular weight is 1220 g/mol. The predicted molar refractivity (Wildman–Crippen MR) is 376 cm³/mol. The molecule has 0 unspecified atom stereocenters. The molecule has 8 bridgehead atoms. The van der Waals surface area contributed by atoms with Crippen LogP contribution in [0.5, 0.6) is 0 Å². The molecule has 12 aliphatic carbocycles. The maximum Gasteiger partial charge on any atom is 0.175 e. The van der Waals surface area contributed by atoms with Gasteiger partial charge in [-0.15, -0.1) is 0 Å². The van der Waals surface area contributed by atoms with Crippen molar-refractivity contribution < 1.29 is 19.2 Å². The van der Waals surface area contributed by atoms with E-state index in [4.69, 9.17) is 0 Å². The van der Waals surface area contributed by atoms with Crippen LogP contribution in [0.4, 0.5) is 0 Å². The molecule has 0 spiro atoms. The lowest BCUT2D eigenvalue weighted by atomic mass is 9.72. The van der Waals surface area contributed by atoms with Gasteiger partial charge in [-0.1, -0.05) is 194 Å². The SMILES string of the molecule is O=C1c2cc3c(cc2C2c4ccccc4C1c1ccccc12)c1c2c4cc5c(cc4n4c6cc7c(cc6c(c6c8cc9c(cc8n3c16)C(=O)C1c3ccccc3C9c3ccccc31)c24)C1c2ccccc2C(C7=O)c2ccccc21)C(=O)C1c2ccccc2C5c2ccccc21. The van der Waals surface area contributed by atoms with E-state index < -0.39 is 23.7 Å². The number of nitrogens with zero attached hydrogens (tertiary/aromatic N) is 2. The van der Waals surface area contributed by atoms with E-state index in [2.05, 4.69) is 251 Å². The maximum absolute atomic E-state index is 16.2. The van der Waals surface area contributed by atoms with E-state index in [1.165, 1.54) is 0 Å². The second-order valence-corrected chi connectivity index (χ2v) is 28.6. The van der Waals surface area contributed by atoms with E-state index >= 15 is 19.2 Å². The molecule has 6 nitrogen and oxygen atoms in total. The highest BCUT2D eigenvalue weighted by Crippen LogP contribution is 2.62. The van der Waals surface area contributed by atoms with Crippen LogP contribution in [0.2, 0.25) is 0 Å². The second kappa shape index (κ2) is 16.5. The van der Waals surface area contributed by atoms with Crippen molar-refractivity contribution in [2.45, 2.75) is 47.3 Å². The van der Waals surface area contributed by atoms with E-state index in [9.17, 15) is 0 Å². The summed E-state index contributed by atoms with van der Waals surface area (Å²) in [6.45, 7) is 0. The zero-order valence-electron chi connectivity index (χ0n) is 51.2. The lowest BCUT2D eigenvalue weighted by Gasteiger charge is -2.30. The number of carbonyl (C=O) groups excluding carboxylic acids is 4. The Hall–Kier alpha value is -11.9. The van der Waals surface area contributed by atoms with Gasteiger partial charge in [-0.05, 0) is 160 Å². The highest BCUT2D eigenvalue weighted by molar-refractivity contribution is 6.46. The summed E-state index contributed by atoms with van der Waals surface area (Å²) in [5, 5.41) is 8.32. The van der Waals surface area contributed by atoms with Crippen LogP contribution in [0, 0.1) is 0 Å². The number of hydrogen-bond acceptors (Lipinski definition) is 4. The van der Waals surface area contributed by atoms with Gasteiger partial charge in [0.15, 0.2) is 23.1 Å². The van der Waals surface area contributed by atoms with E-state index in [1.807, 2.05) is 0 Å². The van der Waals surface area contributed by atoms with Crippen molar-refractivity contribution in [3.8, 4) is 0 Å². The normalized spacial score (nSPS) is 21.4. The number of rotatable bonds is 0. The summed E-state index contributed by atoms with van der Waals surface area (Å²) in [7, 11) is 0. The molecule has 0 N–H and O–H groups in total. The molecule has 12 aliphatic rings. The summed E-state index contributed by atoms with van der Waals surface area (Å²) < 4.78 is 4.88. The van der Waals surface area contributed by atoms with Crippen molar-refractivity contribution >= 4 is 99.3 Å². The van der Waals surface area contributed by atoms with Crippen molar-refractivity contribution in [2.75, 3.05) is 0 Å². The summed E-state index contributed by atoms with van der Waals surface area (Å²) >= 11 is 0. The fourth-order valence-corrected chi connectivity index (χ4v) is 21.5. The Morgan fingerprint density at radius 3 is 0.510 bits per heavy atom. The zero-order chi connectivity index (χ0) is 62.3. The van der Waals surface area contributed by atoms with E-state index in [0.29, 0.717) is 22.3 Å². The van der Waals surface area contributed by atoms with Gasteiger partial charge in [0.1, 0.15) is 0 Å². The van der Waals surface area contributed by atoms with Gasteiger partial charge >= 0.3 is 0 Å². The molecule has 442 valence electrons. The molecule has 13 aromatic carbocycles. The molecule has 0 saturated carbocycles. The Bertz CT molecular complexity index is 5760. The van der Waals surface area contributed by atoms with Crippen molar-refractivity contribution in [1.29, 1.82) is 0 Å². The van der Waals surface area contributed by atoms with Gasteiger partial charge in [-0.25, -0.2) is 0 Å². The Morgan fingerprint density at radius 2 is 0.344 bits per heavy atom. The molecule has 29 rings (SSSR count). The molecule has 0 fully saturated rings. The predicted octanol–water partition coefficient (Wildman–Crippen LogP) is 19.3. The standard InChI is InChI=1S/C90H48N2O4/c93-87-61-37-69-65(33-57(61)73-41-17-1-9-25-49(41)77(87)50-26-10-2-18-42(50)73)81-82-66-34-58-63(89(95)79-51-27-11-3-19-43(51)74(58)44-20-4-12-28-52(44)79)39-71(66)92-72-40-64-60(76-47-23-7-15-31-55(47)80(90(64)96)56-32-16-8-24-48(56)76)36-68(72)84(86(82)92)83-67-35-59-62(38-70(67)91(69)85(81)83)88(94)78-53-29-13-5-21-45(53)75(59)46-22-6-14-30-54(46)78/h1-40,73-80H. The molecule has 17 aromatic rings. The molecule has 0 atom stereocenters. The lowest BCUT2D eigenvalue weighted by molar-refractivity contribution is 0.0966. The van der Waals surface area contributed by atoms with Crippen LogP contribution in [-0.2, 0) is 0 Å². The van der Waals surface area contributed by atoms with Crippen LogP contribution < -0.4 is 0 Å². The Kier molecular flexibility index (Phi) is 8.57. The Labute approximate surface area is 547 Å². The van der Waals surface area contributed by atoms with E-state index in [1.54, 1.807) is 0 Å². The number of hydrogen-bond donors (Lipinski definition) is 0. The first-order chi connectivity index (χ1) is 47.4. The van der Waals surface area contributed by atoms with Crippen LogP contribution in [0.15, 0.2) is 243 Å². The first kappa shape index (κ1) is 49.7. The van der Waals surface area contributed by atoms with Crippen LogP contribution in [0.1, 0.15) is 200 Å². The van der Waals surface area contributed by atoms with Gasteiger partial charge < -0.3 is 8.80 Å². The number of Topliss-reactive ketones (excluding diaryl/α,β-unsaturated/α-hetero) is 4. The van der Waals surface area contributed by atoms with E-state index in [0.717, 1.165) is 187 Å². The first-order valence-corrected chi connectivity index (χ1v) is 33.8. The lowest BCUT2D eigenvalue weighted by Crippen LogP contribution is -2.19. The number of fused-ring (bicyclic) bond motifs is 14. The van der Waals surface area contributed by atoms with Crippen molar-refractivity contribution in [3.05, 3.63) is 376 Å². The summed E-state index contributed by atoms with van der Waals surface area (Å²) in [6, 6.07) is 87.0. The third kappa shape index (κ3) is 5.41. The Balaban J connectivity index is 0.908. The largest absolute Gasteiger partial charge is 0.308 e. The molecular weight excluding hydrogens is 1170 g/mol. The minimum absolute atomic E-state index is 0.0836. The molecule has 4 aromatic heterocycles. The van der Waals surface area contributed by atoms with Crippen molar-refractivity contribution in [2.24, 2.45) is 0 Å². The smallest absolute Gasteiger partial charge is 0.175 e. The molecule has 0 radical (unpaired) electrons. The minimum atomic E-state index is -0.483. The monoisotopic (exact) mass is 1220 g/mol. The van der Waals surface area contributed by atoms with Gasteiger partial charge in [-0.2, -0.15) is 0 Å². The first-order valence-electron chi connectivity index (χ1n) is 33.8. The maximum atomic E-state index is 16.2. The fourth-order valence-electron chi connectivity index (χ4n) is 21.5. The molecular formula is C90H48N2O4.